The normalized spacial score (nSPS) is 24.1. The highest BCUT2D eigenvalue weighted by Gasteiger charge is 2.50. The van der Waals surface area contributed by atoms with Crippen molar-refractivity contribution in [2.75, 3.05) is 19.8 Å². The van der Waals surface area contributed by atoms with Gasteiger partial charge in [0, 0.05) is 0 Å². The summed E-state index contributed by atoms with van der Waals surface area (Å²) in [6.45, 7) is 7.49. The number of aliphatic hydroxyl groups is 1. The van der Waals surface area contributed by atoms with Crippen molar-refractivity contribution in [1.82, 2.24) is 0 Å². The summed E-state index contributed by atoms with van der Waals surface area (Å²) in [7, 11) is 0. The van der Waals surface area contributed by atoms with Gasteiger partial charge < -0.3 is 28.8 Å². The maximum Gasteiger partial charge on any atom is 0.338 e. The highest BCUT2D eigenvalue weighted by Crippen LogP contribution is 2.29. The lowest BCUT2D eigenvalue weighted by atomic mass is 9.98. The van der Waals surface area contributed by atoms with Crippen LogP contribution in [0.2, 0.25) is 0 Å². The van der Waals surface area contributed by atoms with Crippen LogP contribution in [0.3, 0.4) is 0 Å². The Morgan fingerprint density at radius 1 is 0.824 bits per heavy atom. The lowest BCUT2D eigenvalue weighted by molar-refractivity contribution is -0.292. The van der Waals surface area contributed by atoms with Gasteiger partial charge in [0.15, 0.2) is 18.5 Å². The Labute approximate surface area is 198 Å². The topological polar surface area (TPSA) is 101 Å². The molecule has 180 valence electrons. The van der Waals surface area contributed by atoms with Crippen LogP contribution < -0.4 is 0 Å². The molecule has 1 aliphatic rings. The van der Waals surface area contributed by atoms with Gasteiger partial charge in [0.2, 0.25) is 0 Å². The van der Waals surface area contributed by atoms with Crippen LogP contribution in [0.1, 0.15) is 20.7 Å². The molecule has 8 nitrogen and oxygen atoms in total. The molecular weight excluding hydrogens is 440 g/mol. The molecule has 1 saturated heterocycles. The summed E-state index contributed by atoms with van der Waals surface area (Å²) < 4.78 is 28.4. The number of benzene rings is 2. The van der Waals surface area contributed by atoms with Crippen LogP contribution in [-0.2, 0) is 23.7 Å². The van der Waals surface area contributed by atoms with E-state index < -0.39 is 42.6 Å². The van der Waals surface area contributed by atoms with Crippen LogP contribution in [0.4, 0.5) is 0 Å². The van der Waals surface area contributed by atoms with Crippen molar-refractivity contribution in [3.05, 3.63) is 97.1 Å². The third-order valence-corrected chi connectivity index (χ3v) is 5.04. The molecular formula is C26H28O8. The smallest absolute Gasteiger partial charge is 0.338 e. The van der Waals surface area contributed by atoms with Gasteiger partial charge in [0.05, 0.1) is 30.9 Å². The van der Waals surface area contributed by atoms with Crippen molar-refractivity contribution in [2.45, 2.75) is 30.7 Å². The Morgan fingerprint density at radius 3 is 1.88 bits per heavy atom. The first kappa shape index (κ1) is 25.3. The maximum absolute atomic E-state index is 12.9. The minimum absolute atomic E-state index is 0.0247. The number of ether oxygens (including phenoxy) is 5. The number of carbonyl (C=O) groups excluding carboxylic acids is 2. The van der Waals surface area contributed by atoms with Crippen LogP contribution >= 0.6 is 0 Å². The molecule has 2 aromatic rings. The molecule has 0 aromatic heterocycles. The quantitative estimate of drug-likeness (QED) is 0.305. The first-order valence-corrected chi connectivity index (χ1v) is 10.8. The predicted molar refractivity (Wildman–Crippen MR) is 123 cm³/mol. The Bertz CT molecular complexity index is 946. The zero-order chi connectivity index (χ0) is 24.3. The Hall–Kier alpha value is -3.30. The van der Waals surface area contributed by atoms with Crippen molar-refractivity contribution >= 4 is 11.9 Å². The third-order valence-electron chi connectivity index (χ3n) is 5.04. The number of carbonyl (C=O) groups is 2. The van der Waals surface area contributed by atoms with Gasteiger partial charge >= 0.3 is 11.9 Å². The standard InChI is InChI=1S/C26H28O8/c1-3-15-30-17-20-21(33-24(27)18-11-7-5-8-12-18)22(31-16-4-2)23(26(29)32-20)34-25(28)19-13-9-6-10-14-19/h3-14,20-23,26,29H,1-2,15-17H2/t20?,21-,22+,23?,26+/m1/s1. The molecule has 2 unspecified atom stereocenters. The van der Waals surface area contributed by atoms with Crippen LogP contribution in [0, 0.1) is 0 Å². The van der Waals surface area contributed by atoms with Crippen molar-refractivity contribution in [3.8, 4) is 0 Å². The van der Waals surface area contributed by atoms with E-state index in [0.29, 0.717) is 5.56 Å². The zero-order valence-electron chi connectivity index (χ0n) is 18.7. The molecule has 1 fully saturated rings. The van der Waals surface area contributed by atoms with E-state index >= 15 is 0 Å². The molecule has 3 rings (SSSR count). The molecule has 0 amide bonds. The van der Waals surface area contributed by atoms with Crippen LogP contribution in [0.15, 0.2) is 86.0 Å². The summed E-state index contributed by atoms with van der Waals surface area (Å²) in [5.74, 6) is -1.31. The summed E-state index contributed by atoms with van der Waals surface area (Å²) in [4.78, 5) is 25.6. The van der Waals surface area contributed by atoms with Gasteiger partial charge in [-0.3, -0.25) is 0 Å². The lowest BCUT2D eigenvalue weighted by Crippen LogP contribution is -2.62. The summed E-state index contributed by atoms with van der Waals surface area (Å²) in [5.41, 5.74) is 0.603. The SMILES string of the molecule is C=CCOCC1O[C@H](O)C(OC(=O)c2ccccc2)[C@@H](OCC=C)[C@@H]1OC(=O)c1ccccc1. The van der Waals surface area contributed by atoms with Crippen molar-refractivity contribution < 1.29 is 38.4 Å². The molecule has 5 atom stereocenters. The van der Waals surface area contributed by atoms with Gasteiger partial charge in [-0.05, 0) is 24.3 Å². The third kappa shape index (κ3) is 6.61. The second kappa shape index (κ2) is 12.8. The fourth-order valence-corrected chi connectivity index (χ4v) is 3.47. The molecule has 0 bridgehead atoms. The molecule has 1 N–H and O–H groups in total. The van der Waals surface area contributed by atoms with Crippen molar-refractivity contribution in [3.63, 3.8) is 0 Å². The van der Waals surface area contributed by atoms with E-state index in [2.05, 4.69) is 13.2 Å². The predicted octanol–water partition coefficient (Wildman–Crippen LogP) is 2.93. The van der Waals surface area contributed by atoms with Gasteiger partial charge in [-0.15, -0.1) is 13.2 Å². The van der Waals surface area contributed by atoms with E-state index in [1.807, 2.05) is 0 Å². The van der Waals surface area contributed by atoms with Gasteiger partial charge in [-0.1, -0.05) is 48.6 Å². The fraction of sp³-hybridized carbons (Fsp3) is 0.308. The second-order valence-corrected chi connectivity index (χ2v) is 7.45. The van der Waals surface area contributed by atoms with Gasteiger partial charge in [-0.2, -0.15) is 0 Å². The molecule has 0 aliphatic carbocycles. The van der Waals surface area contributed by atoms with Gasteiger partial charge in [0.25, 0.3) is 0 Å². The molecule has 0 saturated carbocycles. The van der Waals surface area contributed by atoms with Crippen LogP contribution in [0.5, 0.6) is 0 Å². The van der Waals surface area contributed by atoms with Gasteiger partial charge in [-0.25, -0.2) is 9.59 Å². The molecule has 0 radical (unpaired) electrons. The molecule has 2 aromatic carbocycles. The number of rotatable bonds is 11. The Balaban J connectivity index is 1.88. The average Bonchev–Trinajstić information content (AvgIpc) is 2.87. The van der Waals surface area contributed by atoms with Crippen LogP contribution in [0.25, 0.3) is 0 Å². The van der Waals surface area contributed by atoms with E-state index in [-0.39, 0.29) is 25.4 Å². The van der Waals surface area contributed by atoms with E-state index in [4.69, 9.17) is 23.7 Å². The van der Waals surface area contributed by atoms with Gasteiger partial charge in [0.1, 0.15) is 12.2 Å². The number of hydrogen-bond acceptors (Lipinski definition) is 8. The molecule has 8 heteroatoms. The van der Waals surface area contributed by atoms with E-state index in [0.717, 1.165) is 0 Å². The summed E-state index contributed by atoms with van der Waals surface area (Å²) >= 11 is 0. The monoisotopic (exact) mass is 468 g/mol. The molecule has 1 aliphatic heterocycles. The Morgan fingerprint density at radius 2 is 1.35 bits per heavy atom. The lowest BCUT2D eigenvalue weighted by Gasteiger charge is -2.43. The number of esters is 2. The molecule has 34 heavy (non-hydrogen) atoms. The molecule has 0 spiro atoms. The number of hydrogen-bond donors (Lipinski definition) is 1. The maximum atomic E-state index is 12.9. The van der Waals surface area contributed by atoms with Crippen LogP contribution in [-0.4, -0.2) is 67.6 Å². The van der Waals surface area contributed by atoms with E-state index in [1.165, 1.54) is 6.08 Å². The summed E-state index contributed by atoms with van der Waals surface area (Å²) in [6, 6.07) is 16.7. The number of aliphatic hydroxyl groups excluding tert-OH is 1. The van der Waals surface area contributed by atoms with Crippen molar-refractivity contribution in [2.24, 2.45) is 0 Å². The first-order chi connectivity index (χ1) is 16.5. The average molecular weight is 469 g/mol. The fourth-order valence-electron chi connectivity index (χ4n) is 3.47. The highest BCUT2D eigenvalue weighted by atomic mass is 16.7. The van der Waals surface area contributed by atoms with Crippen molar-refractivity contribution in [1.29, 1.82) is 0 Å². The first-order valence-electron chi connectivity index (χ1n) is 10.8. The second-order valence-electron chi connectivity index (χ2n) is 7.45. The van der Waals surface area contributed by atoms with E-state index in [9.17, 15) is 14.7 Å². The summed E-state index contributed by atoms with van der Waals surface area (Å²) in [6.07, 6.45) is -2.79. The molecule has 1 heterocycles. The van der Waals surface area contributed by atoms with E-state index in [1.54, 1.807) is 66.7 Å². The Kier molecular flexibility index (Phi) is 9.54. The minimum Gasteiger partial charge on any atom is -0.453 e. The summed E-state index contributed by atoms with van der Waals surface area (Å²) in [5, 5.41) is 10.7. The largest absolute Gasteiger partial charge is 0.453 e. The zero-order valence-corrected chi connectivity index (χ0v) is 18.7. The minimum atomic E-state index is -1.55. The highest BCUT2D eigenvalue weighted by molar-refractivity contribution is 5.90.